The van der Waals surface area contributed by atoms with Crippen LogP contribution in [0.1, 0.15) is 5.69 Å². The van der Waals surface area contributed by atoms with Gasteiger partial charge in [0.1, 0.15) is 6.21 Å². The fourth-order valence-corrected chi connectivity index (χ4v) is 0.941. The quantitative estimate of drug-likeness (QED) is 0.406. The molecule has 1 heterocycles. The lowest BCUT2D eigenvalue weighted by Crippen LogP contribution is -2.23. The first-order chi connectivity index (χ1) is 6.79. The highest BCUT2D eigenvalue weighted by molar-refractivity contribution is 5.74. The molecule has 0 unspecified atom stereocenters. The van der Waals surface area contributed by atoms with Gasteiger partial charge in [-0.1, -0.05) is 0 Å². The zero-order valence-corrected chi connectivity index (χ0v) is 8.70. The zero-order valence-electron chi connectivity index (χ0n) is 8.70. The number of likely N-dealkylation sites (N-methyl/N-ethyl adjacent to an activating group) is 1. The van der Waals surface area contributed by atoms with Crippen LogP contribution in [0.15, 0.2) is 29.5 Å². The van der Waals surface area contributed by atoms with E-state index in [4.69, 9.17) is 0 Å². The van der Waals surface area contributed by atoms with E-state index in [1.807, 2.05) is 38.5 Å². The first-order valence-corrected chi connectivity index (χ1v) is 4.66. The molecule has 2 N–H and O–H groups in total. The molecular weight excluding hydrogens is 176 g/mol. The lowest BCUT2D eigenvalue weighted by Gasteiger charge is -2.07. The zero-order chi connectivity index (χ0) is 10.2. The molecule has 4 heteroatoms. The Balaban J connectivity index is 2.21. The van der Waals surface area contributed by atoms with Gasteiger partial charge in [0, 0.05) is 25.2 Å². The number of hydrazone groups is 1. The minimum atomic E-state index is 0.857. The first kappa shape index (κ1) is 10.7. The van der Waals surface area contributed by atoms with Crippen molar-refractivity contribution in [3.63, 3.8) is 0 Å². The van der Waals surface area contributed by atoms with Crippen molar-refractivity contribution in [3.05, 3.63) is 30.1 Å². The van der Waals surface area contributed by atoms with Crippen molar-refractivity contribution in [2.75, 3.05) is 27.2 Å². The molecule has 0 saturated carbocycles. The highest BCUT2D eigenvalue weighted by Crippen LogP contribution is 1.81. The topological polar surface area (TPSA) is 41.8 Å². The van der Waals surface area contributed by atoms with Gasteiger partial charge in [-0.25, -0.2) is 4.98 Å². The number of pyridine rings is 1. The Morgan fingerprint density at radius 3 is 3.00 bits per heavy atom. The molecule has 0 amide bonds. The molecule has 1 rings (SSSR count). The largest absolute Gasteiger partial charge is 0.309 e. The Morgan fingerprint density at radius 2 is 2.36 bits per heavy atom. The van der Waals surface area contributed by atoms with Crippen LogP contribution in [-0.2, 0) is 0 Å². The van der Waals surface area contributed by atoms with Crippen LogP contribution in [0.5, 0.6) is 0 Å². The van der Waals surface area contributed by atoms with Gasteiger partial charge in [0.25, 0.3) is 0 Å². The standard InChI is InChI=1S/C10H16N4/c1-14(2)8-7-12-13-9-10-5-3-4-6-11-10/h3-6,9,12H,7-8H2,1-2H3/p+1/b13-9-. The van der Waals surface area contributed by atoms with Crippen molar-refractivity contribution in [1.82, 2.24) is 10.3 Å². The maximum atomic E-state index is 4.08. The summed E-state index contributed by atoms with van der Waals surface area (Å²) in [6, 6.07) is 5.88. The van der Waals surface area contributed by atoms with Gasteiger partial charge in [0.15, 0.2) is 6.20 Å². The van der Waals surface area contributed by atoms with Gasteiger partial charge >= 0.3 is 0 Å². The number of nitrogens with one attached hydrogen (secondary N) is 2. The predicted octanol–water partition coefficient (Wildman–Crippen LogP) is -0.0142. The van der Waals surface area contributed by atoms with Crippen LogP contribution in [0.4, 0.5) is 0 Å². The lowest BCUT2D eigenvalue weighted by atomic mass is 10.4. The van der Waals surface area contributed by atoms with Gasteiger partial charge in [-0.15, -0.1) is 0 Å². The second-order valence-corrected chi connectivity index (χ2v) is 3.29. The normalized spacial score (nSPS) is 11.1. The van der Waals surface area contributed by atoms with Gasteiger partial charge in [-0.05, 0) is 20.2 Å². The van der Waals surface area contributed by atoms with E-state index in [1.54, 1.807) is 6.21 Å². The number of nitrogens with zero attached hydrogens (tertiary/aromatic N) is 2. The van der Waals surface area contributed by atoms with Gasteiger partial charge in [-0.3, -0.25) is 0 Å². The lowest BCUT2D eigenvalue weighted by molar-refractivity contribution is -0.379. The van der Waals surface area contributed by atoms with Gasteiger partial charge in [0.2, 0.25) is 5.69 Å². The molecule has 76 valence electrons. The molecule has 0 spiro atoms. The average molecular weight is 193 g/mol. The van der Waals surface area contributed by atoms with Crippen LogP contribution >= 0.6 is 0 Å². The summed E-state index contributed by atoms with van der Waals surface area (Å²) in [5.74, 6) is 0. The molecule has 14 heavy (non-hydrogen) atoms. The predicted molar refractivity (Wildman–Crippen MR) is 57.1 cm³/mol. The summed E-state index contributed by atoms with van der Waals surface area (Å²) in [4.78, 5) is 5.18. The van der Waals surface area contributed by atoms with Gasteiger partial charge in [0.05, 0.1) is 0 Å². The van der Waals surface area contributed by atoms with Crippen LogP contribution in [-0.4, -0.2) is 38.3 Å². The molecule has 0 aromatic carbocycles. The van der Waals surface area contributed by atoms with E-state index in [1.165, 1.54) is 0 Å². The third-order valence-electron chi connectivity index (χ3n) is 1.70. The molecule has 1 aromatic rings. The molecule has 0 radical (unpaired) electrons. The molecule has 0 saturated heterocycles. The number of aromatic nitrogens is 1. The van der Waals surface area contributed by atoms with E-state index in [-0.39, 0.29) is 0 Å². The van der Waals surface area contributed by atoms with Crippen LogP contribution in [0.2, 0.25) is 0 Å². The van der Waals surface area contributed by atoms with Gasteiger partial charge < -0.3 is 10.3 Å². The van der Waals surface area contributed by atoms with Crippen molar-refractivity contribution in [2.24, 2.45) is 5.10 Å². The highest BCUT2D eigenvalue weighted by atomic mass is 15.3. The van der Waals surface area contributed by atoms with E-state index in [2.05, 4.69) is 20.4 Å². The molecule has 0 aliphatic heterocycles. The summed E-state index contributed by atoms with van der Waals surface area (Å²) >= 11 is 0. The molecule has 0 fully saturated rings. The molecular formula is C10H17N4+. The molecule has 4 nitrogen and oxygen atoms in total. The molecule has 0 atom stereocenters. The van der Waals surface area contributed by atoms with Crippen LogP contribution in [0.25, 0.3) is 0 Å². The van der Waals surface area contributed by atoms with Crippen LogP contribution in [0, 0.1) is 0 Å². The Morgan fingerprint density at radius 1 is 1.50 bits per heavy atom. The SMILES string of the molecule is CN(C)CCN/N=C\c1cccc[nH+]1. The molecule has 1 aromatic heterocycles. The summed E-state index contributed by atoms with van der Waals surface area (Å²) in [6.07, 6.45) is 3.65. The summed E-state index contributed by atoms with van der Waals surface area (Å²) < 4.78 is 0. The van der Waals surface area contributed by atoms with Crippen molar-refractivity contribution in [2.45, 2.75) is 0 Å². The molecule has 0 bridgehead atoms. The number of H-pyrrole nitrogens is 1. The minimum Gasteiger partial charge on any atom is -0.309 e. The third-order valence-corrected chi connectivity index (χ3v) is 1.70. The minimum absolute atomic E-state index is 0.857. The number of rotatable bonds is 5. The Bertz CT molecular complexity index is 269. The summed E-state index contributed by atoms with van der Waals surface area (Å²) in [5.41, 5.74) is 3.96. The first-order valence-electron chi connectivity index (χ1n) is 4.66. The van der Waals surface area contributed by atoms with Crippen molar-refractivity contribution >= 4 is 6.21 Å². The number of aromatic amines is 1. The Hall–Kier alpha value is -1.42. The van der Waals surface area contributed by atoms with E-state index in [0.717, 1.165) is 18.8 Å². The number of hydrogen-bond acceptors (Lipinski definition) is 3. The van der Waals surface area contributed by atoms with E-state index < -0.39 is 0 Å². The van der Waals surface area contributed by atoms with E-state index >= 15 is 0 Å². The van der Waals surface area contributed by atoms with E-state index in [9.17, 15) is 0 Å². The number of hydrogen-bond donors (Lipinski definition) is 1. The fraction of sp³-hybridized carbons (Fsp3) is 0.400. The van der Waals surface area contributed by atoms with Crippen molar-refractivity contribution in [1.29, 1.82) is 0 Å². The summed E-state index contributed by atoms with van der Waals surface area (Å²) in [7, 11) is 4.08. The van der Waals surface area contributed by atoms with E-state index in [0.29, 0.717) is 0 Å². The summed E-state index contributed by atoms with van der Waals surface area (Å²) in [6.45, 7) is 1.84. The van der Waals surface area contributed by atoms with Crippen LogP contribution in [0.3, 0.4) is 0 Å². The average Bonchev–Trinajstić information content (AvgIpc) is 2.18. The smallest absolute Gasteiger partial charge is 0.223 e. The maximum absolute atomic E-state index is 4.08. The Labute approximate surface area is 84.7 Å². The second kappa shape index (κ2) is 6.10. The molecule has 0 aliphatic carbocycles. The highest BCUT2D eigenvalue weighted by Gasteiger charge is 1.91. The van der Waals surface area contributed by atoms with Crippen molar-refractivity contribution in [3.8, 4) is 0 Å². The second-order valence-electron chi connectivity index (χ2n) is 3.29. The third kappa shape index (κ3) is 4.57. The van der Waals surface area contributed by atoms with Crippen molar-refractivity contribution < 1.29 is 4.98 Å². The van der Waals surface area contributed by atoms with Crippen LogP contribution < -0.4 is 10.4 Å². The Kier molecular flexibility index (Phi) is 4.64. The maximum Gasteiger partial charge on any atom is 0.223 e. The fourth-order valence-electron chi connectivity index (χ4n) is 0.941. The monoisotopic (exact) mass is 193 g/mol. The summed E-state index contributed by atoms with van der Waals surface area (Å²) in [5, 5.41) is 4.08. The van der Waals surface area contributed by atoms with Gasteiger partial charge in [-0.2, -0.15) is 5.10 Å². The molecule has 0 aliphatic rings.